The number of hydrogen-bond donors (Lipinski definition) is 1. The lowest BCUT2D eigenvalue weighted by Gasteiger charge is -2.32. The van der Waals surface area contributed by atoms with Gasteiger partial charge in [-0.1, -0.05) is 6.07 Å². The van der Waals surface area contributed by atoms with Crippen LogP contribution in [0.4, 0.5) is 11.6 Å². The fourth-order valence-corrected chi connectivity index (χ4v) is 2.92. The van der Waals surface area contributed by atoms with Crippen molar-refractivity contribution < 1.29 is 9.53 Å². The second kappa shape index (κ2) is 7.70. The average Bonchev–Trinajstić information content (AvgIpc) is 2.62. The smallest absolute Gasteiger partial charge is 0.274 e. The van der Waals surface area contributed by atoms with Crippen LogP contribution in [0.2, 0.25) is 0 Å². The molecular weight excluding hydrogens is 330 g/mol. The van der Waals surface area contributed by atoms with Gasteiger partial charge in [0.25, 0.3) is 5.91 Å². The highest BCUT2D eigenvalue weighted by atomic mass is 16.5. The number of methoxy groups -OCH3 is 1. The minimum absolute atomic E-state index is 0.269. The van der Waals surface area contributed by atoms with E-state index in [1.54, 1.807) is 13.2 Å². The van der Waals surface area contributed by atoms with Crippen LogP contribution in [-0.2, 0) is 0 Å². The van der Waals surface area contributed by atoms with Crippen LogP contribution in [0, 0.1) is 13.8 Å². The van der Waals surface area contributed by atoms with E-state index in [4.69, 9.17) is 4.74 Å². The zero-order chi connectivity index (χ0) is 18.7. The third-order valence-electron chi connectivity index (χ3n) is 4.46. The molecule has 1 amide bonds. The zero-order valence-corrected chi connectivity index (χ0v) is 15.7. The fraction of sp³-hybridized carbons (Fsp3) is 0.421. The van der Waals surface area contributed by atoms with Gasteiger partial charge in [0, 0.05) is 31.9 Å². The topological polar surface area (TPSA) is 70.6 Å². The van der Waals surface area contributed by atoms with E-state index in [0.717, 1.165) is 37.4 Å². The molecule has 0 spiro atoms. The van der Waals surface area contributed by atoms with Crippen molar-refractivity contribution >= 4 is 17.5 Å². The van der Waals surface area contributed by atoms with Crippen LogP contribution in [0.5, 0.6) is 5.75 Å². The molecule has 1 saturated heterocycles. The van der Waals surface area contributed by atoms with Crippen molar-refractivity contribution in [2.24, 2.45) is 0 Å². The van der Waals surface area contributed by atoms with Gasteiger partial charge in [0.2, 0.25) is 5.95 Å². The standard InChI is InChI=1S/C19H25N5O2/c1-13-5-6-17(26-4)15(11-13)21-18(25)16-12-14(2)20-19(22-16)24-9-7-23(3)8-10-24/h5-6,11-12H,7-10H2,1-4H3,(H,21,25). The number of anilines is 2. The van der Waals surface area contributed by atoms with Gasteiger partial charge in [-0.3, -0.25) is 4.79 Å². The summed E-state index contributed by atoms with van der Waals surface area (Å²) in [6.07, 6.45) is 0. The number of amides is 1. The van der Waals surface area contributed by atoms with Crippen molar-refractivity contribution in [3.63, 3.8) is 0 Å². The molecule has 3 rings (SSSR count). The quantitative estimate of drug-likeness (QED) is 0.906. The summed E-state index contributed by atoms with van der Waals surface area (Å²) in [7, 11) is 3.68. The van der Waals surface area contributed by atoms with Crippen LogP contribution in [0.3, 0.4) is 0 Å². The molecule has 7 nitrogen and oxygen atoms in total. The highest BCUT2D eigenvalue weighted by molar-refractivity contribution is 6.04. The number of nitrogens with zero attached hydrogens (tertiary/aromatic N) is 4. The third-order valence-corrected chi connectivity index (χ3v) is 4.46. The molecule has 1 aliphatic heterocycles. The van der Waals surface area contributed by atoms with Gasteiger partial charge in [-0.25, -0.2) is 9.97 Å². The molecule has 1 aromatic carbocycles. The molecule has 0 unspecified atom stereocenters. The second-order valence-electron chi connectivity index (χ2n) is 6.64. The van der Waals surface area contributed by atoms with E-state index in [1.165, 1.54) is 0 Å². The molecule has 0 aliphatic carbocycles. The molecule has 1 aliphatic rings. The van der Waals surface area contributed by atoms with Crippen LogP contribution in [0.1, 0.15) is 21.7 Å². The number of likely N-dealkylation sites (N-methyl/N-ethyl adjacent to an activating group) is 1. The van der Waals surface area contributed by atoms with Crippen LogP contribution in [0.15, 0.2) is 24.3 Å². The predicted molar refractivity (Wildman–Crippen MR) is 102 cm³/mol. The molecule has 138 valence electrons. The Morgan fingerprint density at radius 1 is 1.12 bits per heavy atom. The van der Waals surface area contributed by atoms with Gasteiger partial charge < -0.3 is 19.9 Å². The Hall–Kier alpha value is -2.67. The SMILES string of the molecule is COc1ccc(C)cc1NC(=O)c1cc(C)nc(N2CCN(C)CC2)n1. The largest absolute Gasteiger partial charge is 0.495 e. The normalized spacial score (nSPS) is 15.0. The average molecular weight is 355 g/mol. The molecule has 1 fully saturated rings. The maximum Gasteiger partial charge on any atom is 0.274 e. The Kier molecular flexibility index (Phi) is 5.37. The molecule has 0 atom stereocenters. The van der Waals surface area contributed by atoms with Crippen LogP contribution in [0.25, 0.3) is 0 Å². The van der Waals surface area contributed by atoms with Gasteiger partial charge in [-0.15, -0.1) is 0 Å². The summed E-state index contributed by atoms with van der Waals surface area (Å²) in [6, 6.07) is 7.37. The van der Waals surface area contributed by atoms with E-state index in [2.05, 4.69) is 32.1 Å². The number of piperazine rings is 1. The number of ether oxygens (including phenoxy) is 1. The number of carbonyl (C=O) groups excluding carboxylic acids is 1. The number of nitrogens with one attached hydrogen (secondary N) is 1. The van der Waals surface area contributed by atoms with E-state index in [0.29, 0.717) is 23.1 Å². The summed E-state index contributed by atoms with van der Waals surface area (Å²) in [5, 5.41) is 2.90. The van der Waals surface area contributed by atoms with Gasteiger partial charge in [0.15, 0.2) is 0 Å². The lowest BCUT2D eigenvalue weighted by molar-refractivity contribution is 0.102. The van der Waals surface area contributed by atoms with Crippen LogP contribution < -0.4 is 15.0 Å². The van der Waals surface area contributed by atoms with Gasteiger partial charge in [0.1, 0.15) is 11.4 Å². The monoisotopic (exact) mass is 355 g/mol. The van der Waals surface area contributed by atoms with E-state index >= 15 is 0 Å². The summed E-state index contributed by atoms with van der Waals surface area (Å²) >= 11 is 0. The van der Waals surface area contributed by atoms with Gasteiger partial charge in [-0.05, 0) is 44.7 Å². The summed E-state index contributed by atoms with van der Waals surface area (Å²) in [4.78, 5) is 26.2. The molecule has 7 heteroatoms. The van der Waals surface area contributed by atoms with E-state index in [1.807, 2.05) is 32.0 Å². The Labute approximate surface area is 154 Å². The lowest BCUT2D eigenvalue weighted by atomic mass is 10.2. The summed E-state index contributed by atoms with van der Waals surface area (Å²) in [6.45, 7) is 7.47. The predicted octanol–water partition coefficient (Wildman–Crippen LogP) is 2.11. The van der Waals surface area contributed by atoms with Gasteiger partial charge in [-0.2, -0.15) is 0 Å². The Bertz CT molecular complexity index is 801. The molecule has 0 bridgehead atoms. The highest BCUT2D eigenvalue weighted by Gasteiger charge is 2.19. The Morgan fingerprint density at radius 3 is 2.54 bits per heavy atom. The summed E-state index contributed by atoms with van der Waals surface area (Å²) in [5.74, 6) is 0.961. The fourth-order valence-electron chi connectivity index (χ4n) is 2.92. The molecule has 0 saturated carbocycles. The molecule has 2 heterocycles. The Balaban J connectivity index is 1.82. The van der Waals surface area contributed by atoms with Crippen molar-refractivity contribution in [1.82, 2.24) is 14.9 Å². The third kappa shape index (κ3) is 4.11. The first-order valence-electron chi connectivity index (χ1n) is 8.71. The molecule has 1 N–H and O–H groups in total. The number of hydrogen-bond acceptors (Lipinski definition) is 6. The molecular formula is C19H25N5O2. The number of rotatable bonds is 4. The number of carbonyl (C=O) groups is 1. The van der Waals surface area contributed by atoms with Crippen molar-refractivity contribution in [2.75, 3.05) is 50.6 Å². The minimum Gasteiger partial charge on any atom is -0.495 e. The number of benzene rings is 1. The molecule has 0 radical (unpaired) electrons. The first kappa shape index (κ1) is 18.1. The minimum atomic E-state index is -0.269. The Morgan fingerprint density at radius 2 is 1.85 bits per heavy atom. The van der Waals surface area contributed by atoms with Crippen molar-refractivity contribution in [3.05, 3.63) is 41.2 Å². The van der Waals surface area contributed by atoms with Crippen molar-refractivity contribution in [3.8, 4) is 5.75 Å². The summed E-state index contributed by atoms with van der Waals surface area (Å²) < 4.78 is 5.33. The first-order chi connectivity index (χ1) is 12.5. The lowest BCUT2D eigenvalue weighted by Crippen LogP contribution is -2.45. The first-order valence-corrected chi connectivity index (χ1v) is 8.71. The van der Waals surface area contributed by atoms with E-state index < -0.39 is 0 Å². The number of aryl methyl sites for hydroxylation is 2. The zero-order valence-electron chi connectivity index (χ0n) is 15.7. The van der Waals surface area contributed by atoms with Crippen LogP contribution >= 0.6 is 0 Å². The molecule has 2 aromatic rings. The second-order valence-corrected chi connectivity index (χ2v) is 6.64. The van der Waals surface area contributed by atoms with Crippen molar-refractivity contribution in [2.45, 2.75) is 13.8 Å². The molecule has 1 aromatic heterocycles. The highest BCUT2D eigenvalue weighted by Crippen LogP contribution is 2.25. The van der Waals surface area contributed by atoms with Crippen molar-refractivity contribution in [1.29, 1.82) is 0 Å². The van der Waals surface area contributed by atoms with Gasteiger partial charge in [0.05, 0.1) is 12.8 Å². The maximum atomic E-state index is 12.7. The van der Waals surface area contributed by atoms with Gasteiger partial charge >= 0.3 is 0 Å². The molecule has 26 heavy (non-hydrogen) atoms. The maximum absolute atomic E-state index is 12.7. The van der Waals surface area contributed by atoms with Crippen LogP contribution in [-0.4, -0.2) is 61.1 Å². The van der Waals surface area contributed by atoms with E-state index in [-0.39, 0.29) is 5.91 Å². The van der Waals surface area contributed by atoms with E-state index in [9.17, 15) is 4.79 Å². The number of aromatic nitrogens is 2. The summed E-state index contributed by atoms with van der Waals surface area (Å²) in [5.41, 5.74) is 2.80.